The Morgan fingerprint density at radius 3 is 2.65 bits per heavy atom. The van der Waals surface area contributed by atoms with Crippen molar-refractivity contribution in [3.63, 3.8) is 0 Å². The third-order valence-electron chi connectivity index (χ3n) is 3.51. The fourth-order valence-electron chi connectivity index (χ4n) is 2.23. The molecule has 112 valence electrons. The molecule has 0 spiro atoms. The summed E-state index contributed by atoms with van der Waals surface area (Å²) in [6, 6.07) is 1.59. The van der Waals surface area contributed by atoms with Crippen LogP contribution < -0.4 is 4.72 Å². The van der Waals surface area contributed by atoms with Gasteiger partial charge in [0.15, 0.2) is 0 Å². The second-order valence-electron chi connectivity index (χ2n) is 4.91. The summed E-state index contributed by atoms with van der Waals surface area (Å²) in [7, 11) is -3.56. The molecule has 20 heavy (non-hydrogen) atoms. The Balaban J connectivity index is 1.96. The molecule has 0 bridgehead atoms. The minimum absolute atomic E-state index is 0.253. The summed E-state index contributed by atoms with van der Waals surface area (Å²) < 4.78 is 28.4. The maximum absolute atomic E-state index is 12.2. The molecule has 0 amide bonds. The van der Waals surface area contributed by atoms with E-state index in [1.807, 2.05) is 16.8 Å². The highest BCUT2D eigenvalue weighted by molar-refractivity contribution is 7.87. The Morgan fingerprint density at radius 2 is 2.15 bits per heavy atom. The van der Waals surface area contributed by atoms with Crippen molar-refractivity contribution in [2.45, 2.75) is 25.8 Å². The van der Waals surface area contributed by atoms with Gasteiger partial charge >= 0.3 is 5.97 Å². The first-order chi connectivity index (χ1) is 9.40. The van der Waals surface area contributed by atoms with Crippen molar-refractivity contribution >= 4 is 27.5 Å². The van der Waals surface area contributed by atoms with Crippen molar-refractivity contribution in [3.8, 4) is 0 Å². The van der Waals surface area contributed by atoms with Crippen molar-refractivity contribution in [3.05, 3.63) is 22.4 Å². The highest BCUT2D eigenvalue weighted by atomic mass is 32.2. The smallest absolute Gasteiger partial charge is 0.306 e. The van der Waals surface area contributed by atoms with Gasteiger partial charge in [-0.1, -0.05) is 0 Å². The first-order valence-electron chi connectivity index (χ1n) is 6.42. The summed E-state index contributed by atoms with van der Waals surface area (Å²) >= 11 is 1.52. The molecule has 1 aliphatic rings. The monoisotopic (exact) mass is 318 g/mol. The van der Waals surface area contributed by atoms with Gasteiger partial charge in [-0.15, -0.1) is 0 Å². The van der Waals surface area contributed by atoms with Gasteiger partial charge in [-0.25, -0.2) is 0 Å². The zero-order valence-corrected chi connectivity index (χ0v) is 12.8. The predicted molar refractivity (Wildman–Crippen MR) is 76.7 cm³/mol. The van der Waals surface area contributed by atoms with Crippen LogP contribution in [0.1, 0.15) is 31.4 Å². The normalized spacial score (nSPS) is 19.9. The molecule has 1 fully saturated rings. The van der Waals surface area contributed by atoms with Gasteiger partial charge in [0.05, 0.1) is 5.92 Å². The van der Waals surface area contributed by atoms with Crippen molar-refractivity contribution in [1.82, 2.24) is 9.03 Å². The number of carboxylic acid groups (broad SMARTS) is 1. The van der Waals surface area contributed by atoms with Gasteiger partial charge in [-0.3, -0.25) is 4.79 Å². The van der Waals surface area contributed by atoms with Crippen LogP contribution in [0.2, 0.25) is 0 Å². The number of aliphatic carboxylic acids is 1. The van der Waals surface area contributed by atoms with E-state index < -0.39 is 22.1 Å². The molecule has 6 nitrogen and oxygen atoms in total. The zero-order chi connectivity index (χ0) is 14.8. The number of nitrogens with zero attached hydrogens (tertiary/aromatic N) is 1. The second-order valence-corrected chi connectivity index (χ2v) is 7.40. The lowest BCUT2D eigenvalue weighted by Gasteiger charge is -2.30. The number of nitrogens with one attached hydrogen (secondary N) is 1. The van der Waals surface area contributed by atoms with E-state index in [2.05, 4.69) is 4.72 Å². The molecule has 0 aliphatic carbocycles. The van der Waals surface area contributed by atoms with Crippen LogP contribution in [0.15, 0.2) is 16.8 Å². The number of thiophene rings is 1. The molecular weight excluding hydrogens is 300 g/mol. The summed E-state index contributed by atoms with van der Waals surface area (Å²) in [6.45, 7) is 2.30. The molecule has 0 saturated carbocycles. The van der Waals surface area contributed by atoms with Crippen LogP contribution in [0.25, 0.3) is 0 Å². The van der Waals surface area contributed by atoms with E-state index in [4.69, 9.17) is 5.11 Å². The molecule has 8 heteroatoms. The number of hydrogen-bond acceptors (Lipinski definition) is 4. The highest BCUT2D eigenvalue weighted by Gasteiger charge is 2.31. The lowest BCUT2D eigenvalue weighted by Crippen LogP contribution is -2.46. The van der Waals surface area contributed by atoms with Crippen molar-refractivity contribution in [2.75, 3.05) is 13.1 Å². The topological polar surface area (TPSA) is 86.7 Å². The minimum atomic E-state index is -3.56. The standard InChI is InChI=1S/C12H18N2O4S2/c1-9(11-4-7-19-8-11)13-20(17,18)14-5-2-10(3-6-14)12(15)16/h4,7-10,13H,2-3,5-6H2,1H3,(H,15,16). The molecule has 1 atom stereocenters. The first kappa shape index (κ1) is 15.4. The Hall–Kier alpha value is -0.960. The van der Waals surface area contributed by atoms with E-state index >= 15 is 0 Å². The second kappa shape index (κ2) is 6.21. The lowest BCUT2D eigenvalue weighted by molar-refractivity contribution is -0.142. The molecule has 1 saturated heterocycles. The molecule has 2 N–H and O–H groups in total. The zero-order valence-electron chi connectivity index (χ0n) is 11.2. The van der Waals surface area contributed by atoms with Crippen LogP contribution in [-0.2, 0) is 15.0 Å². The quantitative estimate of drug-likeness (QED) is 0.860. The van der Waals surface area contributed by atoms with Gasteiger partial charge in [0, 0.05) is 19.1 Å². The molecule has 0 aromatic carbocycles. The summed E-state index contributed by atoms with van der Waals surface area (Å²) in [5.41, 5.74) is 0.930. The van der Waals surface area contributed by atoms with Crippen LogP contribution in [0.5, 0.6) is 0 Å². The van der Waals surface area contributed by atoms with Crippen LogP contribution in [0, 0.1) is 5.92 Å². The number of piperidine rings is 1. The average molecular weight is 318 g/mol. The fraction of sp³-hybridized carbons (Fsp3) is 0.583. The molecular formula is C12H18N2O4S2. The average Bonchev–Trinajstić information content (AvgIpc) is 2.92. The maximum Gasteiger partial charge on any atom is 0.306 e. The molecule has 1 aliphatic heterocycles. The molecule has 1 unspecified atom stereocenters. The highest BCUT2D eigenvalue weighted by Crippen LogP contribution is 2.21. The van der Waals surface area contributed by atoms with E-state index in [-0.39, 0.29) is 19.1 Å². The van der Waals surface area contributed by atoms with E-state index in [0.717, 1.165) is 5.56 Å². The number of hydrogen-bond donors (Lipinski definition) is 2. The van der Waals surface area contributed by atoms with Gasteiger partial charge in [-0.05, 0) is 42.2 Å². The summed E-state index contributed by atoms with van der Waals surface area (Å²) in [5.74, 6) is -1.28. The third kappa shape index (κ3) is 3.57. The number of carbonyl (C=O) groups is 1. The SMILES string of the molecule is CC(NS(=O)(=O)N1CCC(C(=O)O)CC1)c1ccsc1. The summed E-state index contributed by atoms with van der Waals surface area (Å²) in [5, 5.41) is 12.7. The Labute approximate surface area is 122 Å². The first-order valence-corrected chi connectivity index (χ1v) is 8.81. The lowest BCUT2D eigenvalue weighted by atomic mass is 9.99. The van der Waals surface area contributed by atoms with Crippen LogP contribution in [0.3, 0.4) is 0 Å². The predicted octanol–water partition coefficient (Wildman–Crippen LogP) is 1.44. The van der Waals surface area contributed by atoms with Crippen LogP contribution >= 0.6 is 11.3 Å². The van der Waals surface area contributed by atoms with Crippen molar-refractivity contribution in [2.24, 2.45) is 5.92 Å². The molecule has 2 heterocycles. The number of carboxylic acids is 1. The molecule has 1 aromatic rings. The van der Waals surface area contributed by atoms with Gasteiger partial charge in [-0.2, -0.15) is 28.8 Å². The van der Waals surface area contributed by atoms with Gasteiger partial charge < -0.3 is 5.11 Å². The minimum Gasteiger partial charge on any atom is -0.481 e. The largest absolute Gasteiger partial charge is 0.481 e. The van der Waals surface area contributed by atoms with Crippen molar-refractivity contribution in [1.29, 1.82) is 0 Å². The Kier molecular flexibility index (Phi) is 4.79. The molecule has 0 radical (unpaired) electrons. The maximum atomic E-state index is 12.2. The summed E-state index contributed by atoms with van der Waals surface area (Å²) in [4.78, 5) is 10.9. The van der Waals surface area contributed by atoms with E-state index in [1.54, 1.807) is 6.92 Å². The van der Waals surface area contributed by atoms with E-state index in [9.17, 15) is 13.2 Å². The van der Waals surface area contributed by atoms with Crippen LogP contribution in [-0.4, -0.2) is 36.9 Å². The summed E-state index contributed by atoms with van der Waals surface area (Å²) in [6.07, 6.45) is 0.728. The molecule has 2 rings (SSSR count). The van der Waals surface area contributed by atoms with Gasteiger partial charge in [0.1, 0.15) is 0 Å². The third-order valence-corrected chi connectivity index (χ3v) is 5.91. The van der Waals surface area contributed by atoms with Crippen LogP contribution in [0.4, 0.5) is 0 Å². The molecule has 1 aromatic heterocycles. The fourth-order valence-corrected chi connectivity index (χ4v) is 4.41. The van der Waals surface area contributed by atoms with Gasteiger partial charge in [0.2, 0.25) is 0 Å². The van der Waals surface area contributed by atoms with E-state index in [0.29, 0.717) is 12.8 Å². The Bertz CT molecular complexity index is 548. The van der Waals surface area contributed by atoms with Gasteiger partial charge in [0.25, 0.3) is 10.2 Å². The van der Waals surface area contributed by atoms with E-state index in [1.165, 1.54) is 15.6 Å². The Morgan fingerprint density at radius 1 is 1.50 bits per heavy atom. The van der Waals surface area contributed by atoms with Crippen molar-refractivity contribution < 1.29 is 18.3 Å². The number of rotatable bonds is 5.